The van der Waals surface area contributed by atoms with E-state index in [1.165, 1.54) is 18.2 Å². The molecule has 20 heavy (non-hydrogen) atoms. The van der Waals surface area contributed by atoms with Crippen LogP contribution in [0.15, 0.2) is 45.8 Å². The Morgan fingerprint density at radius 3 is 2.55 bits per heavy atom. The number of aryl methyl sites for hydroxylation is 1. The van der Waals surface area contributed by atoms with Crippen molar-refractivity contribution in [3.63, 3.8) is 0 Å². The van der Waals surface area contributed by atoms with Crippen LogP contribution in [0.1, 0.15) is 5.56 Å². The maximum atomic E-state index is 12.3. The number of nitrogens with one attached hydrogen (secondary N) is 1. The Kier molecular flexibility index (Phi) is 4.27. The fourth-order valence-corrected chi connectivity index (χ4v) is 3.34. The van der Waals surface area contributed by atoms with Crippen LogP contribution in [0.25, 0.3) is 0 Å². The second-order valence-electron chi connectivity index (χ2n) is 4.25. The molecule has 0 aliphatic heterocycles. The standard InChI is InChI=1S/C13H12BrClN2O2S/c1-8-2-3-9(14)6-13(8)17-20(18,19)10-4-5-12(16)11(15)7-10/h2-7,17H,16H2,1H3. The van der Waals surface area contributed by atoms with Gasteiger partial charge in [-0.1, -0.05) is 33.6 Å². The molecule has 0 heterocycles. The van der Waals surface area contributed by atoms with Crippen molar-refractivity contribution in [2.45, 2.75) is 11.8 Å². The van der Waals surface area contributed by atoms with Gasteiger partial charge < -0.3 is 5.73 Å². The van der Waals surface area contributed by atoms with Crippen LogP contribution in [0, 0.1) is 6.92 Å². The molecule has 0 aliphatic carbocycles. The van der Waals surface area contributed by atoms with Crippen molar-refractivity contribution in [2.75, 3.05) is 10.5 Å². The molecular formula is C13H12BrClN2O2S. The van der Waals surface area contributed by atoms with Gasteiger partial charge in [0, 0.05) is 4.47 Å². The zero-order valence-corrected chi connectivity index (χ0v) is 13.7. The maximum absolute atomic E-state index is 12.3. The minimum absolute atomic E-state index is 0.0658. The highest BCUT2D eigenvalue weighted by atomic mass is 79.9. The lowest BCUT2D eigenvalue weighted by Gasteiger charge is -2.11. The summed E-state index contributed by atoms with van der Waals surface area (Å²) in [7, 11) is -3.70. The molecule has 0 aliphatic rings. The first-order valence-electron chi connectivity index (χ1n) is 5.63. The van der Waals surface area contributed by atoms with E-state index in [2.05, 4.69) is 20.7 Å². The highest BCUT2D eigenvalue weighted by molar-refractivity contribution is 9.10. The van der Waals surface area contributed by atoms with E-state index in [-0.39, 0.29) is 9.92 Å². The van der Waals surface area contributed by atoms with Gasteiger partial charge in [-0.3, -0.25) is 4.72 Å². The summed E-state index contributed by atoms with van der Waals surface area (Å²) in [5.41, 5.74) is 7.24. The Morgan fingerprint density at radius 2 is 1.90 bits per heavy atom. The van der Waals surface area contributed by atoms with Crippen molar-refractivity contribution >= 4 is 48.9 Å². The highest BCUT2D eigenvalue weighted by Crippen LogP contribution is 2.26. The SMILES string of the molecule is Cc1ccc(Br)cc1NS(=O)(=O)c1ccc(N)c(Cl)c1. The zero-order valence-electron chi connectivity index (χ0n) is 10.5. The molecule has 0 aromatic heterocycles. The summed E-state index contributed by atoms with van der Waals surface area (Å²) < 4.78 is 27.9. The number of sulfonamides is 1. The number of nitrogens with two attached hydrogens (primary N) is 1. The van der Waals surface area contributed by atoms with Gasteiger partial charge in [0.1, 0.15) is 0 Å². The fourth-order valence-electron chi connectivity index (χ4n) is 1.58. The van der Waals surface area contributed by atoms with E-state index in [1.807, 2.05) is 19.1 Å². The first-order valence-corrected chi connectivity index (χ1v) is 8.29. The molecule has 0 atom stereocenters. The van der Waals surface area contributed by atoms with E-state index >= 15 is 0 Å². The smallest absolute Gasteiger partial charge is 0.261 e. The van der Waals surface area contributed by atoms with Crippen LogP contribution in [-0.4, -0.2) is 8.42 Å². The van der Waals surface area contributed by atoms with E-state index in [0.717, 1.165) is 10.0 Å². The molecule has 106 valence electrons. The number of halogens is 2. The van der Waals surface area contributed by atoms with Crippen LogP contribution in [0.3, 0.4) is 0 Å². The molecule has 3 N–H and O–H groups in total. The summed E-state index contributed by atoms with van der Waals surface area (Å²) in [6.07, 6.45) is 0. The second kappa shape index (κ2) is 5.63. The number of nitrogen functional groups attached to an aromatic ring is 1. The fraction of sp³-hybridized carbons (Fsp3) is 0.0769. The van der Waals surface area contributed by atoms with Gasteiger partial charge in [0.2, 0.25) is 0 Å². The van der Waals surface area contributed by atoms with Crippen LogP contribution in [0.5, 0.6) is 0 Å². The third kappa shape index (κ3) is 3.26. The van der Waals surface area contributed by atoms with Crippen molar-refractivity contribution in [3.8, 4) is 0 Å². The van der Waals surface area contributed by atoms with Gasteiger partial charge in [0.15, 0.2) is 0 Å². The predicted octanol–water partition coefficient (Wildman–Crippen LogP) is 3.79. The molecule has 2 aromatic rings. The molecule has 2 aromatic carbocycles. The summed E-state index contributed by atoms with van der Waals surface area (Å²) in [5.74, 6) is 0. The first kappa shape index (κ1) is 15.2. The predicted molar refractivity (Wildman–Crippen MR) is 85.6 cm³/mol. The van der Waals surface area contributed by atoms with Crippen LogP contribution in [0.2, 0.25) is 5.02 Å². The molecule has 0 radical (unpaired) electrons. The Hall–Kier alpha value is -1.24. The maximum Gasteiger partial charge on any atom is 0.261 e. The molecule has 0 fully saturated rings. The minimum Gasteiger partial charge on any atom is -0.398 e. The van der Waals surface area contributed by atoms with E-state index in [0.29, 0.717) is 11.4 Å². The molecule has 2 rings (SSSR count). The minimum atomic E-state index is -3.70. The van der Waals surface area contributed by atoms with Gasteiger partial charge >= 0.3 is 0 Å². The highest BCUT2D eigenvalue weighted by Gasteiger charge is 2.16. The van der Waals surface area contributed by atoms with Gasteiger partial charge in [0.05, 0.1) is 21.3 Å². The monoisotopic (exact) mass is 374 g/mol. The quantitative estimate of drug-likeness (QED) is 0.802. The van der Waals surface area contributed by atoms with Crippen molar-refractivity contribution in [2.24, 2.45) is 0 Å². The third-order valence-electron chi connectivity index (χ3n) is 2.73. The van der Waals surface area contributed by atoms with E-state index in [9.17, 15) is 8.42 Å². The number of hydrogen-bond donors (Lipinski definition) is 2. The second-order valence-corrected chi connectivity index (χ2v) is 7.25. The van der Waals surface area contributed by atoms with Gasteiger partial charge in [-0.2, -0.15) is 0 Å². The number of benzene rings is 2. The Morgan fingerprint density at radius 1 is 1.20 bits per heavy atom. The molecule has 0 saturated heterocycles. The largest absolute Gasteiger partial charge is 0.398 e. The average Bonchev–Trinajstić information content (AvgIpc) is 2.36. The van der Waals surface area contributed by atoms with Crippen LogP contribution in [-0.2, 0) is 10.0 Å². The van der Waals surface area contributed by atoms with E-state index < -0.39 is 10.0 Å². The van der Waals surface area contributed by atoms with Crippen LogP contribution >= 0.6 is 27.5 Å². The van der Waals surface area contributed by atoms with Crippen molar-refractivity contribution in [1.29, 1.82) is 0 Å². The molecule has 0 amide bonds. The van der Waals surface area contributed by atoms with Crippen molar-refractivity contribution in [3.05, 3.63) is 51.5 Å². The molecular weight excluding hydrogens is 364 g/mol. The zero-order chi connectivity index (χ0) is 14.9. The first-order chi connectivity index (χ1) is 9.29. The lowest BCUT2D eigenvalue weighted by atomic mass is 10.2. The number of anilines is 2. The Bertz CT molecular complexity index is 763. The summed E-state index contributed by atoms with van der Waals surface area (Å²) in [6, 6.07) is 9.56. The summed E-state index contributed by atoms with van der Waals surface area (Å²) in [4.78, 5) is 0.0658. The molecule has 7 heteroatoms. The van der Waals surface area contributed by atoms with Gasteiger partial charge in [-0.15, -0.1) is 0 Å². The van der Waals surface area contributed by atoms with E-state index in [4.69, 9.17) is 17.3 Å². The normalized spacial score (nSPS) is 11.3. The average molecular weight is 376 g/mol. The summed E-state index contributed by atoms with van der Waals surface area (Å²) >= 11 is 9.16. The van der Waals surface area contributed by atoms with Crippen molar-refractivity contribution < 1.29 is 8.42 Å². The molecule has 0 saturated carbocycles. The third-order valence-corrected chi connectivity index (χ3v) is 4.91. The summed E-state index contributed by atoms with van der Waals surface area (Å²) in [5, 5.41) is 0.207. The number of hydrogen-bond acceptors (Lipinski definition) is 3. The van der Waals surface area contributed by atoms with Crippen molar-refractivity contribution in [1.82, 2.24) is 0 Å². The topological polar surface area (TPSA) is 72.2 Å². The molecule has 0 spiro atoms. The lowest BCUT2D eigenvalue weighted by Crippen LogP contribution is -2.14. The van der Waals surface area contributed by atoms with Gasteiger partial charge in [-0.05, 0) is 42.8 Å². The molecule has 0 unspecified atom stereocenters. The summed E-state index contributed by atoms with van der Waals surface area (Å²) in [6.45, 7) is 1.82. The van der Waals surface area contributed by atoms with E-state index in [1.54, 1.807) is 6.07 Å². The molecule has 4 nitrogen and oxygen atoms in total. The lowest BCUT2D eigenvalue weighted by molar-refractivity contribution is 0.601. The van der Waals surface area contributed by atoms with Gasteiger partial charge in [0.25, 0.3) is 10.0 Å². The van der Waals surface area contributed by atoms with Gasteiger partial charge in [-0.25, -0.2) is 8.42 Å². The van der Waals surface area contributed by atoms with Crippen LogP contribution < -0.4 is 10.5 Å². The van der Waals surface area contributed by atoms with Crippen LogP contribution in [0.4, 0.5) is 11.4 Å². The Labute approximate surface area is 131 Å². The number of rotatable bonds is 3. The Balaban J connectivity index is 2.40. The molecule has 0 bridgehead atoms.